The first-order valence-electron chi connectivity index (χ1n) is 6.02. The Hall–Kier alpha value is -0.630. The highest BCUT2D eigenvalue weighted by Gasteiger charge is 2.23. The second-order valence-corrected chi connectivity index (χ2v) is 7.52. The van der Waals surface area contributed by atoms with Crippen LogP contribution in [0.25, 0.3) is 0 Å². The lowest BCUT2D eigenvalue weighted by molar-refractivity contribution is 0.180. The summed E-state index contributed by atoms with van der Waals surface area (Å²) in [5.74, 6) is 0.257. The third-order valence-electron chi connectivity index (χ3n) is 3.26. The molecule has 0 aromatic heterocycles. The van der Waals surface area contributed by atoms with E-state index in [1.807, 2.05) is 12.1 Å². The molecule has 0 spiro atoms. The summed E-state index contributed by atoms with van der Waals surface area (Å²) >= 11 is 3.29. The number of halogens is 1. The molecule has 0 radical (unpaired) electrons. The quantitative estimate of drug-likeness (QED) is 0.892. The van der Waals surface area contributed by atoms with Gasteiger partial charge in [-0.25, -0.2) is 8.42 Å². The van der Waals surface area contributed by atoms with Gasteiger partial charge in [0.2, 0.25) is 10.0 Å². The van der Waals surface area contributed by atoms with Crippen molar-refractivity contribution in [1.29, 1.82) is 0 Å². The Morgan fingerprint density at radius 2 is 1.89 bits per heavy atom. The predicted octanol–water partition coefficient (Wildman–Crippen LogP) is 1.23. The monoisotopic (exact) mass is 348 g/mol. The molecule has 5 nitrogen and oxygen atoms in total. The van der Waals surface area contributed by atoms with Crippen molar-refractivity contribution in [3.63, 3.8) is 0 Å². The van der Waals surface area contributed by atoms with Crippen molar-refractivity contribution in [2.24, 2.45) is 0 Å². The number of piperazine rings is 1. The molecule has 0 bridgehead atoms. The van der Waals surface area contributed by atoms with Gasteiger partial charge in [0.15, 0.2) is 0 Å². The predicted molar refractivity (Wildman–Crippen MR) is 77.5 cm³/mol. The maximum Gasteiger partial charge on any atom is 0.211 e. The maximum atomic E-state index is 11.4. The second-order valence-electron chi connectivity index (χ2n) is 4.69. The van der Waals surface area contributed by atoms with Crippen LogP contribution < -0.4 is 0 Å². The Balaban J connectivity index is 1.98. The fourth-order valence-corrected chi connectivity index (χ4v) is 3.38. The maximum absolute atomic E-state index is 11.4. The minimum absolute atomic E-state index is 0.257. The molecule has 19 heavy (non-hydrogen) atoms. The van der Waals surface area contributed by atoms with Crippen molar-refractivity contribution in [1.82, 2.24) is 9.21 Å². The lowest BCUT2D eigenvalue weighted by Crippen LogP contribution is -2.47. The average Bonchev–Trinajstić information content (AvgIpc) is 2.35. The van der Waals surface area contributed by atoms with Gasteiger partial charge in [0.25, 0.3) is 0 Å². The van der Waals surface area contributed by atoms with Crippen molar-refractivity contribution >= 4 is 26.0 Å². The van der Waals surface area contributed by atoms with Gasteiger partial charge < -0.3 is 5.11 Å². The van der Waals surface area contributed by atoms with Crippen molar-refractivity contribution in [2.75, 3.05) is 32.4 Å². The molecular weight excluding hydrogens is 332 g/mol. The number of nitrogens with zero attached hydrogens (tertiary/aromatic N) is 2. The number of phenolic OH excluding ortho intramolecular Hbond substituents is 1. The highest BCUT2D eigenvalue weighted by Crippen LogP contribution is 2.28. The number of benzene rings is 1. The molecule has 0 aliphatic carbocycles. The average molecular weight is 349 g/mol. The van der Waals surface area contributed by atoms with E-state index >= 15 is 0 Å². The summed E-state index contributed by atoms with van der Waals surface area (Å²) in [4.78, 5) is 2.14. The number of hydrogen-bond donors (Lipinski definition) is 1. The molecule has 0 unspecified atom stereocenters. The fourth-order valence-electron chi connectivity index (χ4n) is 2.15. The van der Waals surface area contributed by atoms with E-state index in [0.29, 0.717) is 37.2 Å². The van der Waals surface area contributed by atoms with Crippen molar-refractivity contribution in [2.45, 2.75) is 6.54 Å². The van der Waals surface area contributed by atoms with Gasteiger partial charge in [-0.15, -0.1) is 0 Å². The molecule has 2 rings (SSSR count). The zero-order valence-corrected chi connectivity index (χ0v) is 13.1. The molecular formula is C12H17BrN2O3S. The van der Waals surface area contributed by atoms with Crippen LogP contribution >= 0.6 is 15.9 Å². The Morgan fingerprint density at radius 1 is 1.26 bits per heavy atom. The van der Waals surface area contributed by atoms with Crippen LogP contribution in [0, 0.1) is 0 Å². The number of para-hydroxylation sites is 1. The highest BCUT2D eigenvalue weighted by atomic mass is 79.9. The van der Waals surface area contributed by atoms with Gasteiger partial charge >= 0.3 is 0 Å². The molecule has 1 heterocycles. The van der Waals surface area contributed by atoms with E-state index in [2.05, 4.69) is 20.8 Å². The largest absolute Gasteiger partial charge is 0.506 e. The first-order valence-corrected chi connectivity index (χ1v) is 8.66. The van der Waals surface area contributed by atoms with Gasteiger partial charge in [-0.1, -0.05) is 12.1 Å². The Morgan fingerprint density at radius 3 is 2.47 bits per heavy atom. The molecule has 1 fully saturated rings. The zero-order valence-electron chi connectivity index (χ0n) is 10.7. The Kier molecular flexibility index (Phi) is 4.50. The highest BCUT2D eigenvalue weighted by molar-refractivity contribution is 9.10. The van der Waals surface area contributed by atoms with Gasteiger partial charge in [-0.05, 0) is 22.0 Å². The summed E-state index contributed by atoms with van der Waals surface area (Å²) in [6.07, 6.45) is 1.24. The van der Waals surface area contributed by atoms with Crippen LogP contribution in [0.5, 0.6) is 5.75 Å². The summed E-state index contributed by atoms with van der Waals surface area (Å²) in [6.45, 7) is 3.00. The van der Waals surface area contributed by atoms with Crippen LogP contribution in [-0.4, -0.2) is 55.2 Å². The van der Waals surface area contributed by atoms with Gasteiger partial charge in [0.1, 0.15) is 5.75 Å². The fraction of sp³-hybridized carbons (Fsp3) is 0.500. The summed E-state index contributed by atoms with van der Waals surface area (Å²) < 4.78 is 25.0. The number of phenols is 1. The normalized spacial score (nSPS) is 18.6. The van der Waals surface area contributed by atoms with Crippen LogP contribution in [-0.2, 0) is 16.6 Å². The molecule has 7 heteroatoms. The lowest BCUT2D eigenvalue weighted by Gasteiger charge is -2.33. The molecule has 1 saturated heterocycles. The minimum atomic E-state index is -3.09. The van der Waals surface area contributed by atoms with Crippen molar-refractivity contribution in [3.8, 4) is 5.75 Å². The van der Waals surface area contributed by atoms with E-state index in [9.17, 15) is 13.5 Å². The second kappa shape index (κ2) is 5.78. The minimum Gasteiger partial charge on any atom is -0.506 e. The third-order valence-corrected chi connectivity index (χ3v) is 5.21. The van der Waals surface area contributed by atoms with Crippen molar-refractivity contribution < 1.29 is 13.5 Å². The zero-order chi connectivity index (χ0) is 14.0. The van der Waals surface area contributed by atoms with Crippen LogP contribution in [0.3, 0.4) is 0 Å². The summed E-state index contributed by atoms with van der Waals surface area (Å²) in [7, 11) is -3.09. The molecule has 106 valence electrons. The van der Waals surface area contributed by atoms with E-state index < -0.39 is 10.0 Å². The first-order chi connectivity index (χ1) is 8.88. The van der Waals surface area contributed by atoms with E-state index in [1.54, 1.807) is 6.07 Å². The SMILES string of the molecule is CS(=O)(=O)N1CCN(Cc2cccc(Br)c2O)CC1. The standard InChI is InChI=1S/C12H17BrN2O3S/c1-19(17,18)15-7-5-14(6-8-15)9-10-3-2-4-11(13)12(10)16/h2-4,16H,5-9H2,1H3. The van der Waals surface area contributed by atoms with Crippen LogP contribution in [0.1, 0.15) is 5.56 Å². The van der Waals surface area contributed by atoms with Gasteiger partial charge in [-0.3, -0.25) is 4.90 Å². The molecule has 0 saturated carbocycles. The van der Waals surface area contributed by atoms with Gasteiger partial charge in [0.05, 0.1) is 10.7 Å². The molecule has 1 aromatic rings. The molecule has 1 aromatic carbocycles. The molecule has 1 N–H and O–H groups in total. The van der Waals surface area contributed by atoms with Crippen molar-refractivity contribution in [3.05, 3.63) is 28.2 Å². The molecule has 1 aliphatic heterocycles. The number of aromatic hydroxyl groups is 1. The number of rotatable bonds is 3. The van der Waals surface area contributed by atoms with E-state index in [4.69, 9.17) is 0 Å². The van der Waals surface area contributed by atoms with Crippen LogP contribution in [0.2, 0.25) is 0 Å². The lowest BCUT2D eigenvalue weighted by atomic mass is 10.2. The van der Waals surface area contributed by atoms with E-state index in [-0.39, 0.29) is 5.75 Å². The van der Waals surface area contributed by atoms with Crippen LogP contribution in [0.4, 0.5) is 0 Å². The smallest absolute Gasteiger partial charge is 0.211 e. The van der Waals surface area contributed by atoms with Gasteiger partial charge in [-0.2, -0.15) is 4.31 Å². The third kappa shape index (κ3) is 3.68. The number of hydrogen-bond acceptors (Lipinski definition) is 4. The topological polar surface area (TPSA) is 60.9 Å². The summed E-state index contributed by atoms with van der Waals surface area (Å²) in [5, 5.41) is 9.93. The Labute approximate surface area is 122 Å². The first kappa shape index (κ1) is 14.8. The summed E-state index contributed by atoms with van der Waals surface area (Å²) in [6, 6.07) is 5.55. The summed E-state index contributed by atoms with van der Waals surface area (Å²) in [5.41, 5.74) is 0.849. The number of sulfonamides is 1. The molecule has 0 amide bonds. The van der Waals surface area contributed by atoms with Crippen LogP contribution in [0.15, 0.2) is 22.7 Å². The Bertz CT molecular complexity index is 554. The molecule has 1 aliphatic rings. The molecule has 0 atom stereocenters. The van der Waals surface area contributed by atoms with E-state index in [1.165, 1.54) is 10.6 Å². The van der Waals surface area contributed by atoms with E-state index in [0.717, 1.165) is 5.56 Å². The van der Waals surface area contributed by atoms with Gasteiger partial charge in [0, 0.05) is 38.3 Å².